The summed E-state index contributed by atoms with van der Waals surface area (Å²) >= 11 is 0. The Labute approximate surface area is 126 Å². The van der Waals surface area contributed by atoms with Gasteiger partial charge in [-0.05, 0) is 58.0 Å². The molecule has 2 heterocycles. The number of aliphatic carboxylic acids is 1. The maximum Gasteiger partial charge on any atom is 0.306 e. The van der Waals surface area contributed by atoms with Crippen LogP contribution in [0.5, 0.6) is 0 Å². The molecule has 3 aliphatic rings. The summed E-state index contributed by atoms with van der Waals surface area (Å²) in [4.78, 5) is 28.1. The molecule has 5 heteroatoms. The van der Waals surface area contributed by atoms with Crippen LogP contribution in [0, 0.1) is 11.8 Å². The third kappa shape index (κ3) is 3.23. The molecule has 21 heavy (non-hydrogen) atoms. The first-order valence-electron chi connectivity index (χ1n) is 8.41. The number of carbonyl (C=O) groups is 2. The van der Waals surface area contributed by atoms with Crippen molar-refractivity contribution in [2.45, 2.75) is 51.0 Å². The summed E-state index contributed by atoms with van der Waals surface area (Å²) in [5.74, 6) is -0.584. The first kappa shape index (κ1) is 14.8. The lowest BCUT2D eigenvalue weighted by Gasteiger charge is -2.29. The highest BCUT2D eigenvalue weighted by atomic mass is 16.4. The van der Waals surface area contributed by atoms with Gasteiger partial charge in [-0.25, -0.2) is 0 Å². The van der Waals surface area contributed by atoms with Crippen molar-refractivity contribution in [1.82, 2.24) is 9.80 Å². The van der Waals surface area contributed by atoms with Crippen molar-refractivity contribution >= 4 is 11.9 Å². The molecule has 118 valence electrons. The average Bonchev–Trinajstić information content (AvgIpc) is 3.17. The molecule has 5 nitrogen and oxygen atoms in total. The van der Waals surface area contributed by atoms with Crippen LogP contribution in [0.15, 0.2) is 0 Å². The second kappa shape index (κ2) is 6.34. The van der Waals surface area contributed by atoms with Crippen LogP contribution in [-0.4, -0.2) is 59.0 Å². The third-order valence-corrected chi connectivity index (χ3v) is 5.56. The molecule has 3 fully saturated rings. The predicted octanol–water partition coefficient (Wildman–Crippen LogP) is 1.57. The Kier molecular flexibility index (Phi) is 4.48. The zero-order valence-electron chi connectivity index (χ0n) is 12.7. The van der Waals surface area contributed by atoms with Gasteiger partial charge in [0.2, 0.25) is 5.91 Å². The van der Waals surface area contributed by atoms with Crippen molar-refractivity contribution in [3.05, 3.63) is 0 Å². The highest BCUT2D eigenvalue weighted by Crippen LogP contribution is 2.31. The van der Waals surface area contributed by atoms with Gasteiger partial charge >= 0.3 is 5.97 Å². The molecule has 0 aromatic carbocycles. The molecule has 2 saturated heterocycles. The van der Waals surface area contributed by atoms with Gasteiger partial charge in [-0.2, -0.15) is 0 Å². The summed E-state index contributed by atoms with van der Waals surface area (Å²) in [5, 5.41) is 9.03. The number of likely N-dealkylation sites (tertiary alicyclic amines) is 2. The Morgan fingerprint density at radius 3 is 2.10 bits per heavy atom. The van der Waals surface area contributed by atoms with E-state index in [0.717, 1.165) is 32.4 Å². The van der Waals surface area contributed by atoms with Gasteiger partial charge in [-0.3, -0.25) is 14.5 Å². The lowest BCUT2D eigenvalue weighted by atomic mass is 9.81. The van der Waals surface area contributed by atoms with E-state index in [9.17, 15) is 9.59 Å². The zero-order valence-corrected chi connectivity index (χ0v) is 12.7. The van der Waals surface area contributed by atoms with Gasteiger partial charge in [0.15, 0.2) is 0 Å². The van der Waals surface area contributed by atoms with E-state index in [2.05, 4.69) is 4.90 Å². The molecule has 2 aliphatic heterocycles. The molecule has 3 rings (SSSR count). The number of hydrogen-bond acceptors (Lipinski definition) is 3. The van der Waals surface area contributed by atoms with Gasteiger partial charge in [-0.1, -0.05) is 0 Å². The van der Waals surface area contributed by atoms with Crippen molar-refractivity contribution in [3.8, 4) is 0 Å². The molecular weight excluding hydrogens is 268 g/mol. The Morgan fingerprint density at radius 2 is 1.48 bits per heavy atom. The van der Waals surface area contributed by atoms with Gasteiger partial charge in [0.05, 0.1) is 5.92 Å². The van der Waals surface area contributed by atoms with E-state index in [1.54, 1.807) is 0 Å². The second-order valence-corrected chi connectivity index (χ2v) is 6.86. The predicted molar refractivity (Wildman–Crippen MR) is 78.9 cm³/mol. The molecule has 1 unspecified atom stereocenters. The van der Waals surface area contributed by atoms with Crippen molar-refractivity contribution in [1.29, 1.82) is 0 Å². The number of carboxylic acids is 1. The Bertz CT molecular complexity index is 398. The molecule has 1 aliphatic carbocycles. The number of nitrogens with zero attached hydrogens (tertiary/aromatic N) is 2. The highest BCUT2D eigenvalue weighted by molar-refractivity contribution is 5.79. The van der Waals surface area contributed by atoms with E-state index in [1.807, 2.05) is 4.90 Å². The van der Waals surface area contributed by atoms with Crippen LogP contribution in [0.3, 0.4) is 0 Å². The summed E-state index contributed by atoms with van der Waals surface area (Å²) in [7, 11) is 0. The summed E-state index contributed by atoms with van der Waals surface area (Å²) < 4.78 is 0. The Morgan fingerprint density at radius 1 is 0.857 bits per heavy atom. The van der Waals surface area contributed by atoms with Crippen LogP contribution in [0.4, 0.5) is 0 Å². The monoisotopic (exact) mass is 294 g/mol. The quantitative estimate of drug-likeness (QED) is 0.858. The van der Waals surface area contributed by atoms with Crippen LogP contribution in [0.2, 0.25) is 0 Å². The minimum atomic E-state index is -0.698. The van der Waals surface area contributed by atoms with Crippen molar-refractivity contribution in [2.24, 2.45) is 11.8 Å². The molecular formula is C16H26N2O3. The topological polar surface area (TPSA) is 60.9 Å². The van der Waals surface area contributed by atoms with E-state index in [-0.39, 0.29) is 17.7 Å². The molecule has 0 radical (unpaired) electrons. The van der Waals surface area contributed by atoms with Gasteiger partial charge < -0.3 is 10.0 Å². The molecule has 0 aromatic rings. The molecule has 0 aromatic heterocycles. The van der Waals surface area contributed by atoms with Crippen LogP contribution in [0.1, 0.15) is 44.9 Å². The lowest BCUT2D eigenvalue weighted by Crippen LogP contribution is -2.40. The molecule has 1 saturated carbocycles. The van der Waals surface area contributed by atoms with E-state index >= 15 is 0 Å². The van der Waals surface area contributed by atoms with Crippen LogP contribution in [0.25, 0.3) is 0 Å². The average molecular weight is 294 g/mol. The second-order valence-electron chi connectivity index (χ2n) is 6.86. The van der Waals surface area contributed by atoms with Crippen molar-refractivity contribution in [3.63, 3.8) is 0 Å². The van der Waals surface area contributed by atoms with Gasteiger partial charge in [0, 0.05) is 25.0 Å². The number of carboxylic acid groups (broad SMARTS) is 1. The van der Waals surface area contributed by atoms with E-state index in [0.29, 0.717) is 18.9 Å². The largest absolute Gasteiger partial charge is 0.481 e. The van der Waals surface area contributed by atoms with Crippen molar-refractivity contribution in [2.75, 3.05) is 26.2 Å². The first-order chi connectivity index (χ1) is 10.1. The number of carbonyl (C=O) groups excluding carboxylic acids is 1. The number of hydrogen-bond donors (Lipinski definition) is 1. The summed E-state index contributed by atoms with van der Waals surface area (Å²) in [5.41, 5.74) is 0. The molecule has 1 amide bonds. The molecule has 1 atom stereocenters. The van der Waals surface area contributed by atoms with Crippen LogP contribution < -0.4 is 0 Å². The fourth-order valence-corrected chi connectivity index (χ4v) is 4.19. The third-order valence-electron chi connectivity index (χ3n) is 5.56. The summed E-state index contributed by atoms with van der Waals surface area (Å²) in [6.45, 7) is 4.16. The maximum atomic E-state index is 12.6. The highest BCUT2D eigenvalue weighted by Gasteiger charge is 2.36. The number of rotatable bonds is 3. The molecule has 1 N–H and O–H groups in total. The van der Waals surface area contributed by atoms with E-state index in [1.165, 1.54) is 25.9 Å². The minimum absolute atomic E-state index is 0.0675. The summed E-state index contributed by atoms with van der Waals surface area (Å²) in [6.07, 6.45) is 6.52. The standard InChI is InChI=1S/C16H26N2O3/c19-15(12-3-5-13(6-4-12)16(20)21)18-10-7-14(11-18)17-8-1-2-9-17/h12-14H,1-11H2,(H,20,21). The lowest BCUT2D eigenvalue weighted by molar-refractivity contribution is -0.145. The Hall–Kier alpha value is -1.10. The summed E-state index contributed by atoms with van der Waals surface area (Å²) in [6, 6.07) is 0.562. The zero-order chi connectivity index (χ0) is 14.8. The fourth-order valence-electron chi connectivity index (χ4n) is 4.19. The minimum Gasteiger partial charge on any atom is -0.481 e. The van der Waals surface area contributed by atoms with Gasteiger partial charge in [-0.15, -0.1) is 0 Å². The fraction of sp³-hybridized carbons (Fsp3) is 0.875. The van der Waals surface area contributed by atoms with Crippen LogP contribution >= 0.6 is 0 Å². The van der Waals surface area contributed by atoms with E-state index in [4.69, 9.17) is 5.11 Å². The first-order valence-corrected chi connectivity index (χ1v) is 8.41. The number of amides is 1. The van der Waals surface area contributed by atoms with Gasteiger partial charge in [0.1, 0.15) is 0 Å². The Balaban J connectivity index is 1.49. The SMILES string of the molecule is O=C(O)C1CCC(C(=O)N2CCC(N3CCCC3)C2)CC1. The van der Waals surface area contributed by atoms with Gasteiger partial charge in [0.25, 0.3) is 0 Å². The molecule has 0 spiro atoms. The van der Waals surface area contributed by atoms with E-state index < -0.39 is 5.97 Å². The van der Waals surface area contributed by atoms with Crippen LogP contribution in [-0.2, 0) is 9.59 Å². The maximum absolute atomic E-state index is 12.6. The molecule has 0 bridgehead atoms. The van der Waals surface area contributed by atoms with Crippen molar-refractivity contribution < 1.29 is 14.7 Å². The normalized spacial score (nSPS) is 34.3. The smallest absolute Gasteiger partial charge is 0.306 e.